The van der Waals surface area contributed by atoms with Gasteiger partial charge in [0.1, 0.15) is 35.0 Å². The Morgan fingerprint density at radius 3 is 2.40 bits per heavy atom. The number of hydrogen-bond acceptors (Lipinski definition) is 5. The van der Waals surface area contributed by atoms with E-state index < -0.39 is 5.60 Å². The number of carbonyl (C=O) groups excluding carboxylic acids is 1. The molecule has 8 heteroatoms. The molecule has 0 spiro atoms. The number of rotatable bonds is 10. The molecule has 1 aliphatic heterocycles. The molecule has 2 aliphatic rings. The summed E-state index contributed by atoms with van der Waals surface area (Å²) in [6, 6.07) is 13.7. The van der Waals surface area contributed by atoms with Crippen LogP contribution in [0.25, 0.3) is 11.0 Å². The van der Waals surface area contributed by atoms with Crippen LogP contribution in [0.15, 0.2) is 42.5 Å². The van der Waals surface area contributed by atoms with Gasteiger partial charge in [0, 0.05) is 24.7 Å². The van der Waals surface area contributed by atoms with Crippen LogP contribution in [0.1, 0.15) is 84.4 Å². The van der Waals surface area contributed by atoms with E-state index in [1.165, 1.54) is 32.1 Å². The van der Waals surface area contributed by atoms with Gasteiger partial charge in [-0.1, -0.05) is 36.9 Å². The Morgan fingerprint density at radius 2 is 1.69 bits per heavy atom. The molecule has 228 valence electrons. The van der Waals surface area contributed by atoms with Gasteiger partial charge in [0.2, 0.25) is 0 Å². The van der Waals surface area contributed by atoms with Gasteiger partial charge in [-0.15, -0.1) is 0 Å². The second kappa shape index (κ2) is 14.0. The molecule has 2 aromatic carbocycles. The number of nitrogens with zero attached hydrogens (tertiary/aromatic N) is 3. The Hall–Kier alpha value is -2.93. The van der Waals surface area contributed by atoms with E-state index >= 15 is 0 Å². The molecular weight excluding hydrogens is 550 g/mol. The molecule has 1 saturated carbocycles. The molecule has 2 fully saturated rings. The lowest BCUT2D eigenvalue weighted by Gasteiger charge is -2.33. The van der Waals surface area contributed by atoms with Gasteiger partial charge in [0.25, 0.3) is 0 Å². The van der Waals surface area contributed by atoms with Crippen molar-refractivity contribution >= 4 is 28.7 Å². The second-order valence-electron chi connectivity index (χ2n) is 12.9. The van der Waals surface area contributed by atoms with Crippen LogP contribution in [-0.4, -0.2) is 45.8 Å². The number of amides is 1. The summed E-state index contributed by atoms with van der Waals surface area (Å²) in [5, 5.41) is 0.686. The van der Waals surface area contributed by atoms with Gasteiger partial charge in [-0.2, -0.15) is 0 Å². The van der Waals surface area contributed by atoms with E-state index in [1.807, 2.05) is 56.0 Å². The minimum absolute atomic E-state index is 0.197. The third-order valence-corrected chi connectivity index (χ3v) is 8.71. The number of ether oxygens (including phenoxy) is 3. The molecule has 1 amide bonds. The molecule has 1 aromatic heterocycles. The van der Waals surface area contributed by atoms with Crippen LogP contribution >= 0.6 is 11.6 Å². The van der Waals surface area contributed by atoms with Crippen LogP contribution in [0.4, 0.5) is 4.79 Å². The fraction of sp³-hybridized carbons (Fsp3) is 0.588. The standard InChI is InChI=1S/C34H46ClN3O4/c1-34(2,3)42-33(39)37-21-18-25(19-22-37)11-8-20-38-29-12-7-13-30(41-23-26-9-5-4-6-10-26)32(29)36-31(38)24-40-28-16-14-27(35)15-17-28/h7,12-17,25-26H,4-6,8-11,18-24H2,1-3H3. The third-order valence-electron chi connectivity index (χ3n) is 8.46. The summed E-state index contributed by atoms with van der Waals surface area (Å²) < 4.78 is 20.4. The van der Waals surface area contributed by atoms with Crippen molar-refractivity contribution in [1.29, 1.82) is 0 Å². The smallest absolute Gasteiger partial charge is 0.410 e. The molecular formula is C34H46ClN3O4. The molecule has 1 saturated heterocycles. The first kappa shape index (κ1) is 30.5. The quantitative estimate of drug-likeness (QED) is 0.235. The Morgan fingerprint density at radius 1 is 0.952 bits per heavy atom. The van der Waals surface area contributed by atoms with Gasteiger partial charge in [-0.05, 0) is 108 Å². The topological polar surface area (TPSA) is 65.8 Å². The highest BCUT2D eigenvalue weighted by atomic mass is 35.5. The van der Waals surface area contributed by atoms with E-state index in [4.69, 9.17) is 30.8 Å². The number of imidazole rings is 1. The maximum absolute atomic E-state index is 12.5. The van der Waals surface area contributed by atoms with Crippen molar-refractivity contribution in [2.45, 2.75) is 97.3 Å². The monoisotopic (exact) mass is 595 g/mol. The number of halogens is 1. The Balaban J connectivity index is 1.24. The van der Waals surface area contributed by atoms with Crippen molar-refractivity contribution in [2.24, 2.45) is 11.8 Å². The molecule has 0 atom stereocenters. The zero-order valence-corrected chi connectivity index (χ0v) is 26.2. The number of aromatic nitrogens is 2. The van der Waals surface area contributed by atoms with E-state index in [-0.39, 0.29) is 6.09 Å². The lowest BCUT2D eigenvalue weighted by molar-refractivity contribution is 0.0180. The second-order valence-corrected chi connectivity index (χ2v) is 13.4. The van der Waals surface area contributed by atoms with Crippen molar-refractivity contribution in [1.82, 2.24) is 14.5 Å². The van der Waals surface area contributed by atoms with E-state index in [2.05, 4.69) is 16.7 Å². The summed E-state index contributed by atoms with van der Waals surface area (Å²) in [6.07, 6.45) is 10.4. The summed E-state index contributed by atoms with van der Waals surface area (Å²) in [6.45, 7) is 9.24. The van der Waals surface area contributed by atoms with Crippen LogP contribution in [0.2, 0.25) is 5.02 Å². The SMILES string of the molecule is CC(C)(C)OC(=O)N1CCC(CCCn2c(COc3ccc(Cl)cc3)nc3c(OCC4CCCCC4)cccc32)CC1. The highest BCUT2D eigenvalue weighted by Gasteiger charge is 2.27. The number of carbonyl (C=O) groups is 1. The number of piperidine rings is 1. The van der Waals surface area contributed by atoms with Crippen LogP contribution < -0.4 is 9.47 Å². The zero-order valence-electron chi connectivity index (χ0n) is 25.4. The summed E-state index contributed by atoms with van der Waals surface area (Å²) in [5.41, 5.74) is 1.54. The maximum Gasteiger partial charge on any atom is 0.410 e. The summed E-state index contributed by atoms with van der Waals surface area (Å²) in [5.74, 6) is 3.75. The Bertz CT molecular complexity index is 1300. The van der Waals surface area contributed by atoms with Gasteiger partial charge in [0.05, 0.1) is 12.1 Å². The minimum Gasteiger partial charge on any atom is -0.491 e. The molecule has 0 bridgehead atoms. The molecule has 0 N–H and O–H groups in total. The number of likely N-dealkylation sites (tertiary alicyclic amines) is 1. The molecule has 3 aromatic rings. The molecule has 0 radical (unpaired) electrons. The van der Waals surface area contributed by atoms with Gasteiger partial charge >= 0.3 is 6.09 Å². The fourth-order valence-electron chi connectivity index (χ4n) is 6.15. The maximum atomic E-state index is 12.5. The van der Waals surface area contributed by atoms with Gasteiger partial charge < -0.3 is 23.7 Å². The average Bonchev–Trinajstić information content (AvgIpc) is 3.33. The van der Waals surface area contributed by atoms with E-state index in [0.29, 0.717) is 23.5 Å². The number of para-hydroxylation sites is 1. The van der Waals surface area contributed by atoms with Crippen LogP contribution in [0.5, 0.6) is 11.5 Å². The Labute approximate surface area is 255 Å². The van der Waals surface area contributed by atoms with Crippen LogP contribution in [0.3, 0.4) is 0 Å². The number of aryl methyl sites for hydroxylation is 1. The third kappa shape index (κ3) is 8.33. The van der Waals surface area contributed by atoms with E-state index in [0.717, 1.165) is 80.3 Å². The summed E-state index contributed by atoms with van der Waals surface area (Å²) >= 11 is 6.07. The largest absolute Gasteiger partial charge is 0.491 e. The van der Waals surface area contributed by atoms with Crippen molar-refractivity contribution < 1.29 is 19.0 Å². The predicted octanol–water partition coefficient (Wildman–Crippen LogP) is 8.66. The van der Waals surface area contributed by atoms with Crippen molar-refractivity contribution in [3.8, 4) is 11.5 Å². The van der Waals surface area contributed by atoms with Crippen molar-refractivity contribution in [2.75, 3.05) is 19.7 Å². The molecule has 7 nitrogen and oxygen atoms in total. The first-order chi connectivity index (χ1) is 20.2. The lowest BCUT2D eigenvalue weighted by Crippen LogP contribution is -2.41. The highest BCUT2D eigenvalue weighted by Crippen LogP contribution is 2.31. The number of fused-ring (bicyclic) bond motifs is 1. The molecule has 1 aliphatic carbocycles. The fourth-order valence-corrected chi connectivity index (χ4v) is 6.28. The van der Waals surface area contributed by atoms with Crippen molar-refractivity contribution in [3.05, 3.63) is 53.3 Å². The number of benzene rings is 2. The van der Waals surface area contributed by atoms with E-state index in [1.54, 1.807) is 0 Å². The average molecular weight is 596 g/mol. The first-order valence-corrected chi connectivity index (χ1v) is 16.1. The Kier molecular flexibility index (Phi) is 10.2. The molecule has 0 unspecified atom stereocenters. The van der Waals surface area contributed by atoms with Crippen molar-refractivity contribution in [3.63, 3.8) is 0 Å². The molecule has 2 heterocycles. The van der Waals surface area contributed by atoms with Gasteiger partial charge in [-0.3, -0.25) is 0 Å². The van der Waals surface area contributed by atoms with Gasteiger partial charge in [0.15, 0.2) is 0 Å². The van der Waals surface area contributed by atoms with Crippen LogP contribution in [-0.2, 0) is 17.9 Å². The lowest BCUT2D eigenvalue weighted by atomic mass is 9.90. The predicted molar refractivity (Wildman–Crippen MR) is 167 cm³/mol. The summed E-state index contributed by atoms with van der Waals surface area (Å²) in [4.78, 5) is 19.4. The minimum atomic E-state index is -0.461. The van der Waals surface area contributed by atoms with E-state index in [9.17, 15) is 4.79 Å². The highest BCUT2D eigenvalue weighted by molar-refractivity contribution is 6.30. The molecule has 5 rings (SSSR count). The van der Waals surface area contributed by atoms with Gasteiger partial charge in [-0.25, -0.2) is 9.78 Å². The molecule has 42 heavy (non-hydrogen) atoms. The summed E-state index contributed by atoms with van der Waals surface area (Å²) in [7, 11) is 0. The number of hydrogen-bond donors (Lipinski definition) is 0. The van der Waals surface area contributed by atoms with Crippen LogP contribution in [0, 0.1) is 11.8 Å². The first-order valence-electron chi connectivity index (χ1n) is 15.7. The zero-order chi connectivity index (χ0) is 29.5. The normalized spacial score (nSPS) is 17.0.